The van der Waals surface area contributed by atoms with E-state index in [-0.39, 0.29) is 12.6 Å². The molecule has 1 aromatic heterocycles. The third-order valence-corrected chi connectivity index (χ3v) is 7.76. The largest absolute Gasteiger partial charge is 0.463 e. The molecular weight excluding hydrogens is 408 g/mol. The number of ether oxygens (including phenoxy) is 2. The number of aliphatic hydroxyl groups is 2. The third-order valence-electron chi connectivity index (χ3n) is 4.76. The van der Waals surface area contributed by atoms with Crippen LogP contribution in [-0.4, -0.2) is 61.7 Å². The molecule has 11 heteroatoms. The molecule has 9 nitrogen and oxygen atoms in total. The molecule has 0 unspecified atom stereocenters. The Hall–Kier alpha value is -1.27. The monoisotopic (exact) mass is 432 g/mol. The molecule has 0 amide bonds. The first-order chi connectivity index (χ1) is 13.5. The van der Waals surface area contributed by atoms with Crippen LogP contribution >= 0.6 is 21.6 Å². The number of nitrogens with zero attached hydrogens (tertiary/aromatic N) is 1. The van der Waals surface area contributed by atoms with Gasteiger partial charge in [-0.3, -0.25) is 19.1 Å². The van der Waals surface area contributed by atoms with E-state index >= 15 is 0 Å². The number of aromatic nitrogens is 2. The number of carbonyl (C=O) groups is 1. The van der Waals surface area contributed by atoms with E-state index in [0.29, 0.717) is 11.7 Å². The van der Waals surface area contributed by atoms with E-state index in [1.54, 1.807) is 0 Å². The van der Waals surface area contributed by atoms with E-state index in [2.05, 4.69) is 4.98 Å². The van der Waals surface area contributed by atoms with Crippen molar-refractivity contribution < 1.29 is 24.5 Å². The standard InChI is InChI=1S/C17H24N2O7S2/c20-12-5-7-19(17(24)18-12)16-15(23)14(22)11(26-16)9-25-13(21)4-2-1-3-10-6-8-27-28-10/h5,7,10-11,14-16,22-23H,1-4,6,8-9H2,(H,18,20,24)/t10-,11+,14+,15+,16+/m0/s1. The van der Waals surface area contributed by atoms with Crippen LogP contribution in [-0.2, 0) is 14.3 Å². The van der Waals surface area contributed by atoms with Gasteiger partial charge in [-0.25, -0.2) is 4.79 Å². The summed E-state index contributed by atoms with van der Waals surface area (Å²) < 4.78 is 11.6. The van der Waals surface area contributed by atoms with Crippen LogP contribution in [0, 0.1) is 0 Å². The van der Waals surface area contributed by atoms with Gasteiger partial charge in [0.2, 0.25) is 0 Å². The normalized spacial score (nSPS) is 29.9. The van der Waals surface area contributed by atoms with Crippen molar-refractivity contribution in [3.8, 4) is 0 Å². The minimum Gasteiger partial charge on any atom is -0.463 e. The summed E-state index contributed by atoms with van der Waals surface area (Å²) >= 11 is 0. The predicted octanol–water partition coefficient (Wildman–Crippen LogP) is 0.413. The van der Waals surface area contributed by atoms with Crippen LogP contribution in [0.3, 0.4) is 0 Å². The van der Waals surface area contributed by atoms with Crippen LogP contribution in [0.15, 0.2) is 21.9 Å². The number of carbonyl (C=O) groups excluding carboxylic acids is 1. The van der Waals surface area contributed by atoms with Crippen molar-refractivity contribution in [1.82, 2.24) is 9.55 Å². The molecule has 1 aromatic rings. The van der Waals surface area contributed by atoms with Crippen LogP contribution in [0.25, 0.3) is 0 Å². The number of H-pyrrole nitrogens is 1. The summed E-state index contributed by atoms with van der Waals surface area (Å²) in [5.41, 5.74) is -1.34. The Labute approximate surface area is 169 Å². The number of rotatable bonds is 8. The van der Waals surface area contributed by atoms with Gasteiger partial charge in [-0.05, 0) is 19.3 Å². The van der Waals surface area contributed by atoms with Gasteiger partial charge in [0.25, 0.3) is 5.56 Å². The van der Waals surface area contributed by atoms with Crippen LogP contribution in [0.1, 0.15) is 38.3 Å². The molecule has 2 aliphatic rings. The second kappa shape index (κ2) is 9.97. The van der Waals surface area contributed by atoms with E-state index in [1.165, 1.54) is 18.4 Å². The summed E-state index contributed by atoms with van der Waals surface area (Å²) in [6, 6.07) is 1.11. The molecule has 3 rings (SSSR count). The topological polar surface area (TPSA) is 131 Å². The van der Waals surface area contributed by atoms with Crippen LogP contribution < -0.4 is 11.2 Å². The molecule has 5 atom stereocenters. The van der Waals surface area contributed by atoms with Crippen molar-refractivity contribution in [3.05, 3.63) is 33.1 Å². The summed E-state index contributed by atoms with van der Waals surface area (Å²) in [5.74, 6) is 0.808. The zero-order chi connectivity index (χ0) is 20.1. The molecule has 0 bridgehead atoms. The van der Waals surface area contributed by atoms with E-state index in [4.69, 9.17) is 9.47 Å². The predicted molar refractivity (Wildman–Crippen MR) is 105 cm³/mol. The molecule has 0 aromatic carbocycles. The summed E-state index contributed by atoms with van der Waals surface area (Å²) in [6.07, 6.45) is 0.631. The number of esters is 1. The minimum atomic E-state index is -1.39. The lowest BCUT2D eigenvalue weighted by molar-refractivity contribution is -0.150. The Morgan fingerprint density at radius 2 is 2.14 bits per heavy atom. The van der Waals surface area contributed by atoms with Crippen molar-refractivity contribution in [2.24, 2.45) is 0 Å². The van der Waals surface area contributed by atoms with Gasteiger partial charge in [0.1, 0.15) is 24.9 Å². The molecule has 2 fully saturated rings. The van der Waals surface area contributed by atoms with Crippen LogP contribution in [0.2, 0.25) is 0 Å². The summed E-state index contributed by atoms with van der Waals surface area (Å²) in [5, 5.41) is 21.0. The van der Waals surface area contributed by atoms with Gasteiger partial charge in [0, 0.05) is 29.7 Å². The van der Waals surface area contributed by atoms with Crippen molar-refractivity contribution >= 4 is 27.6 Å². The van der Waals surface area contributed by atoms with Gasteiger partial charge < -0.3 is 19.7 Å². The Bertz CT molecular complexity index is 777. The quantitative estimate of drug-likeness (QED) is 0.304. The highest BCUT2D eigenvalue weighted by molar-refractivity contribution is 8.77. The SMILES string of the molecule is O=C(CCCC[C@H]1CCSS1)OC[C@H]1O[C@@H](n2ccc(=O)[nH]c2=O)[C@H](O)[C@@H]1O. The van der Waals surface area contributed by atoms with Gasteiger partial charge in [0.05, 0.1) is 0 Å². The lowest BCUT2D eigenvalue weighted by atomic mass is 10.1. The van der Waals surface area contributed by atoms with E-state index < -0.39 is 35.8 Å². The Morgan fingerprint density at radius 3 is 2.86 bits per heavy atom. The molecule has 3 heterocycles. The van der Waals surface area contributed by atoms with Crippen molar-refractivity contribution in [2.75, 3.05) is 12.4 Å². The Morgan fingerprint density at radius 1 is 1.32 bits per heavy atom. The smallest absolute Gasteiger partial charge is 0.330 e. The first-order valence-electron chi connectivity index (χ1n) is 9.22. The van der Waals surface area contributed by atoms with E-state index in [0.717, 1.165) is 29.9 Å². The molecule has 3 N–H and O–H groups in total. The zero-order valence-electron chi connectivity index (χ0n) is 15.2. The van der Waals surface area contributed by atoms with Gasteiger partial charge in [-0.1, -0.05) is 28.0 Å². The van der Waals surface area contributed by atoms with E-state index in [9.17, 15) is 24.6 Å². The minimum absolute atomic E-state index is 0.221. The lowest BCUT2D eigenvalue weighted by Crippen LogP contribution is -2.37. The first-order valence-corrected chi connectivity index (χ1v) is 11.6. The number of unbranched alkanes of at least 4 members (excludes halogenated alkanes) is 1. The number of hydrogen-bond donors (Lipinski definition) is 3. The second-order valence-electron chi connectivity index (χ2n) is 6.82. The second-order valence-corrected chi connectivity index (χ2v) is 9.61. The van der Waals surface area contributed by atoms with Gasteiger partial charge >= 0.3 is 11.7 Å². The zero-order valence-corrected chi connectivity index (χ0v) is 16.8. The molecule has 0 radical (unpaired) electrons. The van der Waals surface area contributed by atoms with Crippen molar-refractivity contribution in [1.29, 1.82) is 0 Å². The molecule has 28 heavy (non-hydrogen) atoms. The number of aliphatic hydroxyl groups excluding tert-OH is 2. The molecule has 2 aliphatic heterocycles. The van der Waals surface area contributed by atoms with Crippen molar-refractivity contribution in [2.45, 2.75) is 61.9 Å². The number of nitrogens with one attached hydrogen (secondary N) is 1. The summed E-state index contributed by atoms with van der Waals surface area (Å²) in [7, 11) is 3.81. The van der Waals surface area contributed by atoms with Crippen LogP contribution in [0.4, 0.5) is 0 Å². The van der Waals surface area contributed by atoms with Gasteiger partial charge in [-0.2, -0.15) is 0 Å². The van der Waals surface area contributed by atoms with Gasteiger partial charge in [0.15, 0.2) is 6.23 Å². The molecule has 0 spiro atoms. The fourth-order valence-electron chi connectivity index (χ4n) is 3.18. The molecule has 156 valence electrons. The summed E-state index contributed by atoms with van der Waals surface area (Å²) in [6.45, 7) is -0.221. The highest BCUT2D eigenvalue weighted by Crippen LogP contribution is 2.39. The molecule has 0 saturated carbocycles. The lowest BCUT2D eigenvalue weighted by Gasteiger charge is -2.16. The average molecular weight is 433 g/mol. The first kappa shape index (κ1) is 21.4. The number of hydrogen-bond acceptors (Lipinski definition) is 9. The Balaban J connectivity index is 1.43. The maximum Gasteiger partial charge on any atom is 0.330 e. The van der Waals surface area contributed by atoms with E-state index in [1.807, 2.05) is 21.6 Å². The highest BCUT2D eigenvalue weighted by atomic mass is 33.1. The maximum atomic E-state index is 11.9. The maximum absolute atomic E-state index is 11.9. The average Bonchev–Trinajstić information content (AvgIpc) is 3.27. The molecule has 0 aliphatic carbocycles. The molecule has 2 saturated heterocycles. The fraction of sp³-hybridized carbons (Fsp3) is 0.706. The fourth-order valence-corrected chi connectivity index (χ4v) is 6.21. The summed E-state index contributed by atoms with van der Waals surface area (Å²) in [4.78, 5) is 36.9. The third kappa shape index (κ3) is 5.41. The Kier molecular flexibility index (Phi) is 7.63. The van der Waals surface area contributed by atoms with Gasteiger partial charge in [-0.15, -0.1) is 0 Å². The highest BCUT2D eigenvalue weighted by Gasteiger charge is 2.44. The number of aromatic amines is 1. The van der Waals surface area contributed by atoms with Crippen molar-refractivity contribution in [3.63, 3.8) is 0 Å². The van der Waals surface area contributed by atoms with Crippen LogP contribution in [0.5, 0.6) is 0 Å². The molecular formula is C17H24N2O7S2.